The maximum Gasteiger partial charge on any atom is 0.325 e. The molecule has 1 saturated heterocycles. The van der Waals surface area contributed by atoms with Gasteiger partial charge in [-0.3, -0.25) is 9.69 Å². The second kappa shape index (κ2) is 8.77. The lowest BCUT2D eigenvalue weighted by atomic mass is 10.1. The van der Waals surface area contributed by atoms with Crippen molar-refractivity contribution < 1.29 is 14.3 Å². The van der Waals surface area contributed by atoms with Gasteiger partial charge < -0.3 is 15.0 Å². The van der Waals surface area contributed by atoms with Gasteiger partial charge in [-0.05, 0) is 48.4 Å². The third kappa shape index (κ3) is 4.92. The van der Waals surface area contributed by atoms with Crippen LogP contribution in [0, 0.1) is 0 Å². The monoisotopic (exact) mass is 387 g/mol. The molecule has 0 radical (unpaired) electrons. The van der Waals surface area contributed by atoms with Gasteiger partial charge in [0.1, 0.15) is 12.3 Å². The molecule has 0 bridgehead atoms. The second-order valence-electron chi connectivity index (χ2n) is 6.28. The smallest absolute Gasteiger partial charge is 0.325 e. The average Bonchev–Trinajstić information content (AvgIpc) is 3.03. The summed E-state index contributed by atoms with van der Waals surface area (Å²) in [6.07, 6.45) is 0.702. The van der Waals surface area contributed by atoms with Gasteiger partial charge >= 0.3 is 6.03 Å². The highest BCUT2D eigenvalue weighted by Gasteiger charge is 2.30. The summed E-state index contributed by atoms with van der Waals surface area (Å²) in [5, 5.41) is 3.49. The number of carbonyl (C=O) groups excluding carboxylic acids is 2. The molecule has 7 heteroatoms. The first-order valence-corrected chi connectivity index (χ1v) is 9.16. The minimum atomic E-state index is -0.166. The van der Waals surface area contributed by atoms with E-state index in [1.165, 1.54) is 0 Å². The Hall–Kier alpha value is -2.73. The van der Waals surface area contributed by atoms with Gasteiger partial charge in [-0.1, -0.05) is 23.7 Å². The highest BCUT2D eigenvalue weighted by Crippen LogP contribution is 2.22. The largest absolute Gasteiger partial charge is 0.497 e. The van der Waals surface area contributed by atoms with E-state index in [2.05, 4.69) is 5.32 Å². The molecule has 0 aliphatic carbocycles. The maximum atomic E-state index is 12.5. The lowest BCUT2D eigenvalue weighted by molar-refractivity contribution is -0.121. The third-order valence-electron chi connectivity index (χ3n) is 4.44. The molecular formula is C20H22ClN3O3. The molecule has 142 valence electrons. The Morgan fingerprint density at radius 2 is 1.96 bits per heavy atom. The number of carbonyl (C=O) groups is 2. The first-order valence-electron chi connectivity index (χ1n) is 8.78. The van der Waals surface area contributed by atoms with E-state index in [1.54, 1.807) is 41.2 Å². The van der Waals surface area contributed by atoms with Crippen LogP contribution in [-0.4, -0.2) is 50.1 Å². The van der Waals surface area contributed by atoms with Gasteiger partial charge in [0.15, 0.2) is 0 Å². The van der Waals surface area contributed by atoms with Crippen LogP contribution in [-0.2, 0) is 11.2 Å². The SMILES string of the molecule is COc1cccc(CCNC(=O)CN2CCN(c3ccc(Cl)cc3)C2=O)c1. The number of urea groups is 1. The van der Waals surface area contributed by atoms with Crippen molar-refractivity contribution in [3.8, 4) is 5.75 Å². The summed E-state index contributed by atoms with van der Waals surface area (Å²) in [7, 11) is 1.63. The van der Waals surface area contributed by atoms with Crippen molar-refractivity contribution in [3.05, 3.63) is 59.1 Å². The number of amides is 3. The Kier molecular flexibility index (Phi) is 6.19. The number of nitrogens with zero attached hydrogens (tertiary/aromatic N) is 2. The summed E-state index contributed by atoms with van der Waals surface area (Å²) in [5.41, 5.74) is 1.87. The van der Waals surface area contributed by atoms with Crippen molar-refractivity contribution in [1.82, 2.24) is 10.2 Å². The Balaban J connectivity index is 1.46. The Morgan fingerprint density at radius 3 is 2.70 bits per heavy atom. The van der Waals surface area contributed by atoms with Crippen LogP contribution in [0.25, 0.3) is 0 Å². The molecule has 0 atom stereocenters. The Bertz CT molecular complexity index is 810. The first kappa shape index (κ1) is 19.0. The molecular weight excluding hydrogens is 366 g/mol. The number of halogens is 1. The van der Waals surface area contributed by atoms with E-state index in [1.807, 2.05) is 24.3 Å². The summed E-state index contributed by atoms with van der Waals surface area (Å²) in [5.74, 6) is 0.632. The third-order valence-corrected chi connectivity index (χ3v) is 4.69. The van der Waals surface area contributed by atoms with Gasteiger partial charge in [0.05, 0.1) is 7.11 Å². The zero-order valence-electron chi connectivity index (χ0n) is 15.2. The van der Waals surface area contributed by atoms with Gasteiger partial charge in [0, 0.05) is 30.3 Å². The van der Waals surface area contributed by atoms with Gasteiger partial charge in [-0.15, -0.1) is 0 Å². The summed E-state index contributed by atoms with van der Waals surface area (Å²) in [6.45, 7) is 1.64. The van der Waals surface area contributed by atoms with Crippen molar-refractivity contribution in [1.29, 1.82) is 0 Å². The molecule has 1 N–H and O–H groups in total. The van der Waals surface area contributed by atoms with Crippen LogP contribution in [0.15, 0.2) is 48.5 Å². The highest BCUT2D eigenvalue weighted by atomic mass is 35.5. The van der Waals surface area contributed by atoms with Crippen molar-refractivity contribution in [3.63, 3.8) is 0 Å². The standard InChI is InChI=1S/C20H22ClN3O3/c1-27-18-4-2-3-15(13-18)9-10-22-19(25)14-23-11-12-24(20(23)26)17-7-5-16(21)6-8-17/h2-8,13H,9-12,14H2,1H3,(H,22,25). The molecule has 0 aromatic heterocycles. The molecule has 3 rings (SSSR count). The van der Waals surface area contributed by atoms with E-state index >= 15 is 0 Å². The number of ether oxygens (including phenoxy) is 1. The van der Waals surface area contributed by atoms with Crippen molar-refractivity contribution in [2.45, 2.75) is 6.42 Å². The maximum absolute atomic E-state index is 12.5. The molecule has 3 amide bonds. The fourth-order valence-electron chi connectivity index (χ4n) is 2.99. The fraction of sp³-hybridized carbons (Fsp3) is 0.300. The summed E-state index contributed by atoms with van der Waals surface area (Å²) in [4.78, 5) is 27.9. The van der Waals surface area contributed by atoms with E-state index in [-0.39, 0.29) is 18.5 Å². The van der Waals surface area contributed by atoms with Crippen LogP contribution in [0.4, 0.5) is 10.5 Å². The number of methoxy groups -OCH3 is 1. The summed E-state index contributed by atoms with van der Waals surface area (Å²) >= 11 is 5.89. The Labute approximate surface area is 163 Å². The molecule has 0 saturated carbocycles. The molecule has 2 aromatic rings. The lowest BCUT2D eigenvalue weighted by Gasteiger charge is -2.18. The predicted octanol–water partition coefficient (Wildman–Crippen LogP) is 2.95. The van der Waals surface area contributed by atoms with E-state index in [0.29, 0.717) is 31.1 Å². The van der Waals surface area contributed by atoms with Crippen LogP contribution in [0.2, 0.25) is 5.02 Å². The molecule has 2 aromatic carbocycles. The normalized spacial score (nSPS) is 13.8. The Morgan fingerprint density at radius 1 is 1.19 bits per heavy atom. The number of anilines is 1. The molecule has 1 aliphatic rings. The van der Waals surface area contributed by atoms with Gasteiger partial charge in [-0.2, -0.15) is 0 Å². The second-order valence-corrected chi connectivity index (χ2v) is 6.72. The predicted molar refractivity (Wildman–Crippen MR) is 105 cm³/mol. The van der Waals surface area contributed by atoms with E-state index in [9.17, 15) is 9.59 Å². The molecule has 6 nitrogen and oxygen atoms in total. The van der Waals surface area contributed by atoms with Gasteiger partial charge in [0.2, 0.25) is 5.91 Å². The number of rotatable bonds is 7. The van der Waals surface area contributed by atoms with Crippen molar-refractivity contribution in [2.24, 2.45) is 0 Å². The van der Waals surface area contributed by atoms with Gasteiger partial charge in [-0.25, -0.2) is 4.79 Å². The number of benzene rings is 2. The van der Waals surface area contributed by atoms with Gasteiger partial charge in [0.25, 0.3) is 0 Å². The van der Waals surface area contributed by atoms with Crippen LogP contribution in [0.1, 0.15) is 5.56 Å². The van der Waals surface area contributed by atoms with Crippen LogP contribution in [0.3, 0.4) is 0 Å². The van der Waals surface area contributed by atoms with Crippen LogP contribution < -0.4 is 15.0 Å². The lowest BCUT2D eigenvalue weighted by Crippen LogP contribution is -2.40. The van der Waals surface area contributed by atoms with Crippen LogP contribution in [0.5, 0.6) is 5.75 Å². The molecule has 0 spiro atoms. The van der Waals surface area contributed by atoms with E-state index < -0.39 is 0 Å². The van der Waals surface area contributed by atoms with Crippen LogP contribution >= 0.6 is 11.6 Å². The van der Waals surface area contributed by atoms with E-state index in [4.69, 9.17) is 16.3 Å². The minimum absolute atomic E-state index is 0.0566. The van der Waals surface area contributed by atoms with Crippen molar-refractivity contribution >= 4 is 29.2 Å². The first-order chi connectivity index (χ1) is 13.1. The molecule has 27 heavy (non-hydrogen) atoms. The molecule has 1 aliphatic heterocycles. The zero-order chi connectivity index (χ0) is 19.2. The van der Waals surface area contributed by atoms with E-state index in [0.717, 1.165) is 17.0 Å². The summed E-state index contributed by atoms with van der Waals surface area (Å²) in [6, 6.07) is 14.7. The number of nitrogens with one attached hydrogen (secondary N) is 1. The highest BCUT2D eigenvalue weighted by molar-refractivity contribution is 6.30. The average molecular weight is 388 g/mol. The zero-order valence-corrected chi connectivity index (χ0v) is 15.9. The fourth-order valence-corrected chi connectivity index (χ4v) is 3.12. The topological polar surface area (TPSA) is 61.9 Å². The quantitative estimate of drug-likeness (QED) is 0.794. The molecule has 1 heterocycles. The number of hydrogen-bond acceptors (Lipinski definition) is 3. The minimum Gasteiger partial charge on any atom is -0.497 e. The van der Waals surface area contributed by atoms with Crippen molar-refractivity contribution in [2.75, 3.05) is 38.2 Å². The number of hydrogen-bond donors (Lipinski definition) is 1. The molecule has 1 fully saturated rings. The molecule has 0 unspecified atom stereocenters. The summed E-state index contributed by atoms with van der Waals surface area (Å²) < 4.78 is 5.19.